The summed E-state index contributed by atoms with van der Waals surface area (Å²) in [6.07, 6.45) is 3.56. The number of anilines is 2. The average Bonchev–Trinajstić information content (AvgIpc) is 2.60. The lowest BCUT2D eigenvalue weighted by molar-refractivity contribution is -0.117. The summed E-state index contributed by atoms with van der Waals surface area (Å²) in [4.78, 5) is 21.2. The highest BCUT2D eigenvalue weighted by Crippen LogP contribution is 2.26. The Labute approximate surface area is 93.1 Å². The van der Waals surface area contributed by atoms with Crippen molar-refractivity contribution in [3.8, 4) is 0 Å². The van der Waals surface area contributed by atoms with Crippen LogP contribution < -0.4 is 10.6 Å². The van der Waals surface area contributed by atoms with E-state index in [1.165, 1.54) is 12.4 Å². The number of aromatic nitrogens is 2. The second-order valence-electron chi connectivity index (χ2n) is 3.52. The molecule has 2 N–H and O–H groups in total. The van der Waals surface area contributed by atoms with E-state index in [4.69, 9.17) is 5.73 Å². The van der Waals surface area contributed by atoms with E-state index in [2.05, 4.69) is 22.6 Å². The van der Waals surface area contributed by atoms with Crippen LogP contribution in [0.15, 0.2) is 12.4 Å². The number of thiol groups is 1. The van der Waals surface area contributed by atoms with Gasteiger partial charge >= 0.3 is 0 Å². The third-order valence-corrected chi connectivity index (χ3v) is 2.94. The van der Waals surface area contributed by atoms with Crippen molar-refractivity contribution in [2.45, 2.75) is 6.42 Å². The van der Waals surface area contributed by atoms with Gasteiger partial charge in [0.05, 0.1) is 0 Å². The number of carbonyl (C=O) groups is 1. The third-order valence-electron chi connectivity index (χ3n) is 2.43. The van der Waals surface area contributed by atoms with Gasteiger partial charge in [0, 0.05) is 25.4 Å². The van der Waals surface area contributed by atoms with E-state index >= 15 is 0 Å². The highest BCUT2D eigenvalue weighted by molar-refractivity contribution is 7.80. The van der Waals surface area contributed by atoms with Crippen LogP contribution in [0.25, 0.3) is 0 Å². The van der Waals surface area contributed by atoms with Crippen LogP contribution in [-0.4, -0.2) is 28.2 Å². The van der Waals surface area contributed by atoms with Crippen LogP contribution in [0, 0.1) is 5.92 Å². The molecule has 1 amide bonds. The highest BCUT2D eigenvalue weighted by Gasteiger charge is 2.31. The van der Waals surface area contributed by atoms with Crippen LogP contribution in [0.2, 0.25) is 0 Å². The molecule has 5 nitrogen and oxygen atoms in total. The lowest BCUT2D eigenvalue weighted by Crippen LogP contribution is -2.27. The number of amides is 1. The first kappa shape index (κ1) is 10.2. The quantitative estimate of drug-likeness (QED) is 0.711. The molecule has 80 valence electrons. The molecule has 0 radical (unpaired) electrons. The fourth-order valence-electron chi connectivity index (χ4n) is 1.66. The molecule has 0 aliphatic carbocycles. The molecule has 1 aromatic rings. The van der Waals surface area contributed by atoms with Crippen molar-refractivity contribution in [3.63, 3.8) is 0 Å². The number of hydrogen-bond donors (Lipinski definition) is 2. The minimum atomic E-state index is 0.0428. The predicted octanol–water partition coefficient (Wildman–Crippen LogP) is 0.341. The largest absolute Gasteiger partial charge is 0.381 e. The maximum atomic E-state index is 11.7. The Morgan fingerprint density at radius 3 is 2.87 bits per heavy atom. The van der Waals surface area contributed by atoms with E-state index in [1.54, 1.807) is 4.90 Å². The normalized spacial score (nSPS) is 21.0. The molecular weight excluding hydrogens is 212 g/mol. The molecule has 1 unspecified atom stereocenters. The fraction of sp³-hybridized carbons (Fsp3) is 0.444. The molecule has 2 rings (SSSR count). The van der Waals surface area contributed by atoms with E-state index in [0.717, 1.165) is 0 Å². The second kappa shape index (κ2) is 4.06. The minimum absolute atomic E-state index is 0.0428. The van der Waals surface area contributed by atoms with Gasteiger partial charge in [0.2, 0.25) is 5.91 Å². The first-order chi connectivity index (χ1) is 7.22. The smallest absolute Gasteiger partial charge is 0.228 e. The Bertz CT molecular complexity index is 384. The van der Waals surface area contributed by atoms with Gasteiger partial charge in [0.1, 0.15) is 0 Å². The zero-order valence-electron chi connectivity index (χ0n) is 8.13. The number of hydrogen-bond acceptors (Lipinski definition) is 5. The Morgan fingerprint density at radius 1 is 1.53 bits per heavy atom. The van der Waals surface area contributed by atoms with Crippen molar-refractivity contribution in [1.82, 2.24) is 9.97 Å². The maximum Gasteiger partial charge on any atom is 0.228 e. The monoisotopic (exact) mass is 224 g/mol. The number of nitrogens with two attached hydrogens (primary N) is 1. The van der Waals surface area contributed by atoms with Crippen LogP contribution in [-0.2, 0) is 4.79 Å². The third kappa shape index (κ3) is 1.90. The van der Waals surface area contributed by atoms with Crippen LogP contribution in [0.1, 0.15) is 6.42 Å². The molecule has 0 aromatic carbocycles. The molecule has 1 atom stereocenters. The molecule has 0 saturated carbocycles. The second-order valence-corrected chi connectivity index (χ2v) is 3.89. The van der Waals surface area contributed by atoms with E-state index < -0.39 is 0 Å². The summed E-state index contributed by atoms with van der Waals surface area (Å²) < 4.78 is 0. The SMILES string of the molecule is Nc1nccnc1N1CC(CS)CC1=O. The van der Waals surface area contributed by atoms with Crippen molar-refractivity contribution in [2.24, 2.45) is 5.92 Å². The predicted molar refractivity (Wildman–Crippen MR) is 60.8 cm³/mol. The Balaban J connectivity index is 2.25. The first-order valence-electron chi connectivity index (χ1n) is 4.70. The van der Waals surface area contributed by atoms with Crippen LogP contribution >= 0.6 is 12.6 Å². The van der Waals surface area contributed by atoms with Gasteiger partial charge in [-0.05, 0) is 11.7 Å². The fourth-order valence-corrected chi connectivity index (χ4v) is 1.90. The summed E-state index contributed by atoms with van der Waals surface area (Å²) in [5.74, 6) is 1.78. The summed E-state index contributed by atoms with van der Waals surface area (Å²) in [6.45, 7) is 0.630. The number of nitrogen functional groups attached to an aromatic ring is 1. The lowest BCUT2D eigenvalue weighted by atomic mass is 10.1. The molecule has 1 aromatic heterocycles. The van der Waals surface area contributed by atoms with Crippen LogP contribution in [0.3, 0.4) is 0 Å². The topological polar surface area (TPSA) is 72.1 Å². The van der Waals surface area contributed by atoms with E-state index in [0.29, 0.717) is 30.4 Å². The summed E-state index contributed by atoms with van der Waals surface area (Å²) in [5.41, 5.74) is 5.66. The van der Waals surface area contributed by atoms with Gasteiger partial charge in [-0.3, -0.25) is 9.69 Å². The minimum Gasteiger partial charge on any atom is -0.381 e. The van der Waals surface area contributed by atoms with Gasteiger partial charge in [-0.1, -0.05) is 0 Å². The molecular formula is C9H12N4OS. The number of rotatable bonds is 2. The van der Waals surface area contributed by atoms with Crippen molar-refractivity contribution in [1.29, 1.82) is 0 Å². The lowest BCUT2D eigenvalue weighted by Gasteiger charge is -2.15. The average molecular weight is 224 g/mol. The first-order valence-corrected chi connectivity index (χ1v) is 5.33. The molecule has 15 heavy (non-hydrogen) atoms. The highest BCUT2D eigenvalue weighted by atomic mass is 32.1. The zero-order chi connectivity index (χ0) is 10.8. The van der Waals surface area contributed by atoms with E-state index in [1.807, 2.05) is 0 Å². The molecule has 0 bridgehead atoms. The van der Waals surface area contributed by atoms with E-state index in [-0.39, 0.29) is 11.8 Å². The van der Waals surface area contributed by atoms with Gasteiger partial charge < -0.3 is 5.73 Å². The molecule has 1 aliphatic rings. The molecule has 2 heterocycles. The van der Waals surface area contributed by atoms with Gasteiger partial charge in [0.25, 0.3) is 0 Å². The Morgan fingerprint density at radius 2 is 2.27 bits per heavy atom. The Kier molecular flexibility index (Phi) is 2.77. The van der Waals surface area contributed by atoms with Crippen molar-refractivity contribution < 1.29 is 4.79 Å². The van der Waals surface area contributed by atoms with Crippen molar-refractivity contribution in [2.75, 3.05) is 22.9 Å². The van der Waals surface area contributed by atoms with Gasteiger partial charge in [-0.25, -0.2) is 9.97 Å². The van der Waals surface area contributed by atoms with Gasteiger partial charge in [-0.2, -0.15) is 12.6 Å². The molecule has 0 spiro atoms. The van der Waals surface area contributed by atoms with Crippen molar-refractivity contribution in [3.05, 3.63) is 12.4 Å². The maximum absolute atomic E-state index is 11.7. The molecule has 1 fully saturated rings. The van der Waals surface area contributed by atoms with Crippen LogP contribution in [0.5, 0.6) is 0 Å². The van der Waals surface area contributed by atoms with Gasteiger partial charge in [-0.15, -0.1) is 0 Å². The zero-order valence-corrected chi connectivity index (χ0v) is 9.02. The van der Waals surface area contributed by atoms with E-state index in [9.17, 15) is 4.79 Å². The molecule has 1 saturated heterocycles. The Hall–Kier alpha value is -1.30. The molecule has 6 heteroatoms. The number of nitrogens with zero attached hydrogens (tertiary/aromatic N) is 3. The van der Waals surface area contributed by atoms with Crippen molar-refractivity contribution >= 4 is 30.2 Å². The van der Waals surface area contributed by atoms with Crippen LogP contribution in [0.4, 0.5) is 11.6 Å². The summed E-state index contributed by atoms with van der Waals surface area (Å²) >= 11 is 4.19. The summed E-state index contributed by atoms with van der Waals surface area (Å²) in [5, 5.41) is 0. The number of carbonyl (C=O) groups excluding carboxylic acids is 1. The standard InChI is InChI=1S/C9H12N4OS/c10-8-9(12-2-1-11-8)13-4-6(5-15)3-7(13)14/h1-2,6,15H,3-5H2,(H2,10,11). The van der Waals surface area contributed by atoms with Gasteiger partial charge in [0.15, 0.2) is 11.6 Å². The molecule has 1 aliphatic heterocycles. The summed E-state index contributed by atoms with van der Waals surface area (Å²) in [7, 11) is 0. The summed E-state index contributed by atoms with van der Waals surface area (Å²) in [6, 6.07) is 0.